The Kier molecular flexibility index (Phi) is 4.28. The van der Waals surface area contributed by atoms with Crippen LogP contribution >= 0.6 is 0 Å². The van der Waals surface area contributed by atoms with Crippen LogP contribution in [0.1, 0.15) is 44.9 Å². The zero-order chi connectivity index (χ0) is 13.2. The number of hydrogen-bond donors (Lipinski definition) is 2. The van der Waals surface area contributed by atoms with Gasteiger partial charge in [-0.2, -0.15) is 0 Å². The maximum atomic E-state index is 12.2. The van der Waals surface area contributed by atoms with Crippen LogP contribution in [0.15, 0.2) is 0 Å². The van der Waals surface area contributed by atoms with Gasteiger partial charge in [0.2, 0.25) is 5.91 Å². The summed E-state index contributed by atoms with van der Waals surface area (Å²) in [5.41, 5.74) is 6.26. The van der Waals surface area contributed by atoms with E-state index in [1.807, 2.05) is 0 Å². The molecule has 0 aromatic carbocycles. The summed E-state index contributed by atoms with van der Waals surface area (Å²) in [7, 11) is 4.22. The number of carbonyl (C=O) groups is 1. The molecular weight excluding hydrogens is 226 g/mol. The third kappa shape index (κ3) is 2.69. The van der Waals surface area contributed by atoms with E-state index in [4.69, 9.17) is 5.73 Å². The molecule has 0 heterocycles. The van der Waals surface area contributed by atoms with Crippen molar-refractivity contribution in [3.05, 3.63) is 0 Å². The summed E-state index contributed by atoms with van der Waals surface area (Å²) < 4.78 is 0. The van der Waals surface area contributed by atoms with Crippen LogP contribution in [-0.4, -0.2) is 43.0 Å². The van der Waals surface area contributed by atoms with Crippen molar-refractivity contribution >= 4 is 5.91 Å². The van der Waals surface area contributed by atoms with Crippen molar-refractivity contribution in [1.82, 2.24) is 10.2 Å². The molecule has 4 heteroatoms. The average molecular weight is 253 g/mol. The molecule has 0 aromatic heterocycles. The van der Waals surface area contributed by atoms with Crippen molar-refractivity contribution in [2.24, 2.45) is 11.7 Å². The van der Waals surface area contributed by atoms with Gasteiger partial charge >= 0.3 is 0 Å². The van der Waals surface area contributed by atoms with Crippen molar-refractivity contribution in [2.45, 2.75) is 56.5 Å². The van der Waals surface area contributed by atoms with Crippen LogP contribution in [0.25, 0.3) is 0 Å². The van der Waals surface area contributed by atoms with Crippen LogP contribution < -0.4 is 11.1 Å². The van der Waals surface area contributed by atoms with E-state index in [0.717, 1.165) is 25.8 Å². The van der Waals surface area contributed by atoms with Gasteiger partial charge in [-0.1, -0.05) is 12.8 Å². The van der Waals surface area contributed by atoms with E-state index in [0.29, 0.717) is 0 Å². The fourth-order valence-electron chi connectivity index (χ4n) is 3.23. The van der Waals surface area contributed by atoms with Crippen LogP contribution in [0.2, 0.25) is 0 Å². The molecule has 0 saturated heterocycles. The van der Waals surface area contributed by atoms with Gasteiger partial charge in [0.05, 0.1) is 5.92 Å². The Hall–Kier alpha value is -0.610. The van der Waals surface area contributed by atoms with Gasteiger partial charge in [-0.05, 0) is 46.2 Å². The summed E-state index contributed by atoms with van der Waals surface area (Å²) in [4.78, 5) is 14.5. The number of nitrogens with two attached hydrogens (primary N) is 1. The van der Waals surface area contributed by atoms with Gasteiger partial charge in [-0.3, -0.25) is 4.79 Å². The molecule has 2 fully saturated rings. The summed E-state index contributed by atoms with van der Waals surface area (Å²) in [6.45, 7) is 0.780. The zero-order valence-corrected chi connectivity index (χ0v) is 11.7. The maximum Gasteiger partial charge on any atom is 0.224 e. The minimum Gasteiger partial charge on any atom is -0.354 e. The SMILES string of the molecule is CN(C)C1(CNC(=O)C2CCCCC2N)CCC1. The zero-order valence-electron chi connectivity index (χ0n) is 11.7. The molecule has 1 amide bonds. The molecule has 4 nitrogen and oxygen atoms in total. The number of nitrogens with one attached hydrogen (secondary N) is 1. The van der Waals surface area contributed by atoms with Gasteiger partial charge < -0.3 is 16.0 Å². The van der Waals surface area contributed by atoms with Gasteiger partial charge in [0.1, 0.15) is 0 Å². The Labute approximate surface area is 110 Å². The van der Waals surface area contributed by atoms with Crippen LogP contribution in [0.4, 0.5) is 0 Å². The molecule has 0 spiro atoms. The first-order valence-electron chi connectivity index (χ1n) is 7.26. The predicted molar refractivity (Wildman–Crippen MR) is 73.2 cm³/mol. The highest BCUT2D eigenvalue weighted by atomic mass is 16.1. The highest BCUT2D eigenvalue weighted by Gasteiger charge is 2.40. The average Bonchev–Trinajstić information content (AvgIpc) is 2.27. The van der Waals surface area contributed by atoms with Crippen LogP contribution in [0.5, 0.6) is 0 Å². The summed E-state index contributed by atoms with van der Waals surface area (Å²) in [6.07, 6.45) is 7.93. The van der Waals surface area contributed by atoms with Gasteiger partial charge in [0, 0.05) is 18.1 Å². The van der Waals surface area contributed by atoms with E-state index in [1.165, 1.54) is 25.7 Å². The third-order valence-electron chi connectivity index (χ3n) is 4.98. The highest BCUT2D eigenvalue weighted by molar-refractivity contribution is 5.79. The van der Waals surface area contributed by atoms with Crippen molar-refractivity contribution in [3.8, 4) is 0 Å². The van der Waals surface area contributed by atoms with E-state index in [9.17, 15) is 4.79 Å². The second kappa shape index (κ2) is 5.57. The molecule has 104 valence electrons. The number of nitrogens with zero attached hydrogens (tertiary/aromatic N) is 1. The molecule has 2 atom stereocenters. The molecule has 2 aliphatic carbocycles. The Morgan fingerprint density at radius 1 is 1.28 bits per heavy atom. The van der Waals surface area contributed by atoms with Crippen LogP contribution in [0, 0.1) is 5.92 Å². The molecule has 2 rings (SSSR count). The largest absolute Gasteiger partial charge is 0.354 e. The Morgan fingerprint density at radius 3 is 2.44 bits per heavy atom. The molecule has 18 heavy (non-hydrogen) atoms. The maximum absolute atomic E-state index is 12.2. The Balaban J connectivity index is 1.84. The lowest BCUT2D eigenvalue weighted by Gasteiger charge is -2.47. The molecule has 0 bridgehead atoms. The minimum atomic E-state index is 0.0399. The van der Waals surface area contributed by atoms with Gasteiger partial charge in [-0.25, -0.2) is 0 Å². The standard InChI is InChI=1S/C14H27N3O/c1-17(2)14(8-5-9-14)10-16-13(18)11-6-3-4-7-12(11)15/h11-12H,3-10,15H2,1-2H3,(H,16,18). The fourth-order valence-corrected chi connectivity index (χ4v) is 3.23. The van der Waals surface area contributed by atoms with Crippen molar-refractivity contribution < 1.29 is 4.79 Å². The molecule has 2 aliphatic rings. The molecule has 3 N–H and O–H groups in total. The quantitative estimate of drug-likeness (QED) is 0.789. The first kappa shape index (κ1) is 13.8. The Bertz CT molecular complexity index is 299. The molecule has 0 aliphatic heterocycles. The summed E-state index contributed by atoms with van der Waals surface area (Å²) in [5.74, 6) is 0.216. The van der Waals surface area contributed by atoms with Gasteiger partial charge in [0.15, 0.2) is 0 Å². The van der Waals surface area contributed by atoms with E-state index < -0.39 is 0 Å². The lowest BCUT2D eigenvalue weighted by Crippen LogP contribution is -2.58. The van der Waals surface area contributed by atoms with Gasteiger partial charge in [0.25, 0.3) is 0 Å². The van der Waals surface area contributed by atoms with E-state index in [1.54, 1.807) is 0 Å². The second-order valence-corrected chi connectivity index (χ2v) is 6.24. The fraction of sp³-hybridized carbons (Fsp3) is 0.929. The highest BCUT2D eigenvalue weighted by Crippen LogP contribution is 2.35. The number of amides is 1. The summed E-state index contributed by atoms with van der Waals surface area (Å²) in [5, 5.41) is 3.15. The smallest absolute Gasteiger partial charge is 0.224 e. The van der Waals surface area contributed by atoms with E-state index >= 15 is 0 Å². The summed E-state index contributed by atoms with van der Waals surface area (Å²) in [6, 6.07) is 0.0652. The third-order valence-corrected chi connectivity index (χ3v) is 4.98. The molecule has 2 unspecified atom stereocenters. The minimum absolute atomic E-state index is 0.0399. The second-order valence-electron chi connectivity index (χ2n) is 6.24. The van der Waals surface area contributed by atoms with Crippen molar-refractivity contribution in [2.75, 3.05) is 20.6 Å². The topological polar surface area (TPSA) is 58.4 Å². The van der Waals surface area contributed by atoms with Crippen LogP contribution in [-0.2, 0) is 4.79 Å². The molecule has 0 aromatic rings. The first-order chi connectivity index (χ1) is 8.55. The van der Waals surface area contributed by atoms with E-state index in [2.05, 4.69) is 24.3 Å². The normalized spacial score (nSPS) is 30.9. The predicted octanol–water partition coefficient (Wildman–Crippen LogP) is 1.10. The lowest BCUT2D eigenvalue weighted by atomic mass is 9.75. The lowest BCUT2D eigenvalue weighted by molar-refractivity contribution is -0.127. The van der Waals surface area contributed by atoms with Gasteiger partial charge in [-0.15, -0.1) is 0 Å². The molecule has 2 saturated carbocycles. The number of hydrogen-bond acceptors (Lipinski definition) is 3. The van der Waals surface area contributed by atoms with Crippen molar-refractivity contribution in [3.63, 3.8) is 0 Å². The van der Waals surface area contributed by atoms with Crippen molar-refractivity contribution in [1.29, 1.82) is 0 Å². The monoisotopic (exact) mass is 253 g/mol. The first-order valence-corrected chi connectivity index (χ1v) is 7.26. The van der Waals surface area contributed by atoms with Crippen LogP contribution in [0.3, 0.4) is 0 Å². The summed E-state index contributed by atoms with van der Waals surface area (Å²) >= 11 is 0. The number of likely N-dealkylation sites (N-methyl/N-ethyl adjacent to an activating group) is 1. The number of carbonyl (C=O) groups excluding carboxylic acids is 1. The molecular formula is C14H27N3O. The number of rotatable bonds is 4. The molecule has 0 radical (unpaired) electrons. The van der Waals surface area contributed by atoms with E-state index in [-0.39, 0.29) is 23.4 Å². The Morgan fingerprint density at radius 2 is 1.94 bits per heavy atom.